The van der Waals surface area contributed by atoms with Crippen LogP contribution in [0.15, 0.2) is 24.3 Å². The van der Waals surface area contributed by atoms with Gasteiger partial charge >= 0.3 is 6.09 Å². The topological polar surface area (TPSA) is 84.7 Å². The van der Waals surface area contributed by atoms with Gasteiger partial charge in [-0.05, 0) is 17.7 Å². The van der Waals surface area contributed by atoms with Crippen molar-refractivity contribution in [2.24, 2.45) is 5.84 Å². The highest BCUT2D eigenvalue weighted by Gasteiger charge is 2.21. The molecule has 1 saturated heterocycles. The maximum atomic E-state index is 11.3. The van der Waals surface area contributed by atoms with E-state index in [-0.39, 0.29) is 12.0 Å². The highest BCUT2D eigenvalue weighted by Crippen LogP contribution is 2.12. The summed E-state index contributed by atoms with van der Waals surface area (Å²) in [6, 6.07) is 6.96. The maximum absolute atomic E-state index is 11.3. The Hall–Kier alpha value is -2.08. The number of ether oxygens (including phenoxy) is 1. The number of nitrogens with two attached hydrogens (primary N) is 1. The second kappa shape index (κ2) is 4.84. The molecular formula is C11H13N3O3. The van der Waals surface area contributed by atoms with E-state index in [0.29, 0.717) is 25.3 Å². The molecule has 1 fully saturated rings. The number of amides is 2. The number of rotatable bonds is 3. The molecule has 0 radical (unpaired) electrons. The zero-order valence-electron chi connectivity index (χ0n) is 9.18. The lowest BCUT2D eigenvalue weighted by Gasteiger charge is -2.12. The van der Waals surface area contributed by atoms with Crippen molar-refractivity contribution in [3.63, 3.8) is 0 Å². The molecule has 90 valence electrons. The van der Waals surface area contributed by atoms with E-state index in [1.807, 2.05) is 6.07 Å². The van der Waals surface area contributed by atoms with Crippen LogP contribution in [0.4, 0.5) is 4.79 Å². The molecule has 0 aromatic heterocycles. The van der Waals surface area contributed by atoms with Gasteiger partial charge in [-0.25, -0.2) is 10.6 Å². The number of hydrogen-bond acceptors (Lipinski definition) is 4. The molecule has 1 aliphatic rings. The van der Waals surface area contributed by atoms with Crippen LogP contribution in [0.1, 0.15) is 15.9 Å². The fourth-order valence-electron chi connectivity index (χ4n) is 1.68. The van der Waals surface area contributed by atoms with Gasteiger partial charge in [-0.1, -0.05) is 12.1 Å². The van der Waals surface area contributed by atoms with E-state index in [0.717, 1.165) is 5.56 Å². The van der Waals surface area contributed by atoms with E-state index in [1.54, 1.807) is 23.1 Å². The lowest BCUT2D eigenvalue weighted by atomic mass is 10.1. The minimum absolute atomic E-state index is 0.321. The molecular weight excluding hydrogens is 222 g/mol. The van der Waals surface area contributed by atoms with Crippen molar-refractivity contribution in [1.82, 2.24) is 10.3 Å². The minimum atomic E-state index is -0.351. The summed E-state index contributed by atoms with van der Waals surface area (Å²) in [5.41, 5.74) is 3.40. The average Bonchev–Trinajstić information content (AvgIpc) is 2.74. The average molecular weight is 235 g/mol. The summed E-state index contributed by atoms with van der Waals surface area (Å²) >= 11 is 0. The number of nitrogens with one attached hydrogen (secondary N) is 1. The zero-order chi connectivity index (χ0) is 12.3. The van der Waals surface area contributed by atoms with Crippen molar-refractivity contribution < 1.29 is 14.3 Å². The molecule has 0 spiro atoms. The second-order valence-electron chi connectivity index (χ2n) is 3.71. The lowest BCUT2D eigenvalue weighted by Crippen LogP contribution is -2.30. The van der Waals surface area contributed by atoms with Gasteiger partial charge in [0.15, 0.2) is 0 Å². The first-order chi connectivity index (χ1) is 8.20. The van der Waals surface area contributed by atoms with Crippen LogP contribution >= 0.6 is 0 Å². The molecule has 0 atom stereocenters. The Kier molecular flexibility index (Phi) is 3.24. The molecule has 2 rings (SSSR count). The predicted octanol–water partition coefficient (Wildman–Crippen LogP) is 0.242. The molecule has 0 saturated carbocycles. The number of nitrogens with zero attached hydrogens (tertiary/aromatic N) is 1. The molecule has 17 heavy (non-hydrogen) atoms. The zero-order valence-corrected chi connectivity index (χ0v) is 9.18. The van der Waals surface area contributed by atoms with E-state index in [2.05, 4.69) is 5.43 Å². The molecule has 0 bridgehead atoms. The summed E-state index contributed by atoms with van der Waals surface area (Å²) in [5.74, 6) is 4.70. The fourth-order valence-corrected chi connectivity index (χ4v) is 1.68. The highest BCUT2D eigenvalue weighted by atomic mass is 16.6. The van der Waals surface area contributed by atoms with Gasteiger partial charge in [-0.15, -0.1) is 0 Å². The SMILES string of the molecule is NNC(=O)c1cccc(CN2CCOC2=O)c1. The van der Waals surface area contributed by atoms with E-state index in [4.69, 9.17) is 10.6 Å². The number of hydrazine groups is 1. The number of nitrogen functional groups attached to an aromatic ring is 1. The second-order valence-corrected chi connectivity index (χ2v) is 3.71. The van der Waals surface area contributed by atoms with Crippen molar-refractivity contribution in [2.45, 2.75) is 6.54 Å². The Morgan fingerprint density at radius 3 is 3.00 bits per heavy atom. The van der Waals surface area contributed by atoms with Crippen LogP contribution in [-0.2, 0) is 11.3 Å². The van der Waals surface area contributed by atoms with Crippen LogP contribution < -0.4 is 11.3 Å². The first-order valence-corrected chi connectivity index (χ1v) is 5.22. The third-order valence-electron chi connectivity index (χ3n) is 2.54. The monoisotopic (exact) mass is 235 g/mol. The third kappa shape index (κ3) is 2.54. The van der Waals surface area contributed by atoms with Crippen LogP contribution in [0, 0.1) is 0 Å². The first kappa shape index (κ1) is 11.4. The number of hydrogen-bond donors (Lipinski definition) is 2. The quantitative estimate of drug-likeness (QED) is 0.446. The van der Waals surface area contributed by atoms with Gasteiger partial charge in [-0.3, -0.25) is 10.2 Å². The molecule has 2 amide bonds. The van der Waals surface area contributed by atoms with Gasteiger partial charge in [0.1, 0.15) is 6.61 Å². The fraction of sp³-hybridized carbons (Fsp3) is 0.273. The molecule has 0 unspecified atom stereocenters. The normalized spacial score (nSPS) is 14.6. The number of carbonyl (C=O) groups excluding carboxylic acids is 2. The van der Waals surface area contributed by atoms with Crippen molar-refractivity contribution in [3.8, 4) is 0 Å². The van der Waals surface area contributed by atoms with Crippen molar-refractivity contribution in [3.05, 3.63) is 35.4 Å². The number of carbonyl (C=O) groups is 2. The van der Waals surface area contributed by atoms with Crippen LogP contribution in [0.3, 0.4) is 0 Å². The molecule has 6 nitrogen and oxygen atoms in total. The van der Waals surface area contributed by atoms with Crippen LogP contribution in [0.25, 0.3) is 0 Å². The molecule has 1 aliphatic heterocycles. The summed E-state index contributed by atoms with van der Waals surface area (Å²) in [7, 11) is 0. The van der Waals surface area contributed by atoms with Gasteiger partial charge in [0.05, 0.1) is 6.54 Å². The van der Waals surface area contributed by atoms with Gasteiger partial charge in [0.2, 0.25) is 0 Å². The molecule has 6 heteroatoms. The first-order valence-electron chi connectivity index (χ1n) is 5.22. The smallest absolute Gasteiger partial charge is 0.410 e. The number of benzene rings is 1. The minimum Gasteiger partial charge on any atom is -0.448 e. The van der Waals surface area contributed by atoms with Crippen molar-refractivity contribution >= 4 is 12.0 Å². The summed E-state index contributed by atoms with van der Waals surface area (Å²) in [6.07, 6.45) is -0.321. The lowest BCUT2D eigenvalue weighted by molar-refractivity contribution is 0.0953. The van der Waals surface area contributed by atoms with E-state index < -0.39 is 0 Å². The molecule has 3 N–H and O–H groups in total. The Bertz CT molecular complexity index is 447. The van der Waals surface area contributed by atoms with Crippen LogP contribution in [-0.4, -0.2) is 30.1 Å². The Labute approximate surface area is 98.3 Å². The van der Waals surface area contributed by atoms with Crippen LogP contribution in [0.2, 0.25) is 0 Å². The maximum Gasteiger partial charge on any atom is 0.410 e. The van der Waals surface area contributed by atoms with Crippen LogP contribution in [0.5, 0.6) is 0 Å². The van der Waals surface area contributed by atoms with Gasteiger partial charge in [0.25, 0.3) is 5.91 Å². The van der Waals surface area contributed by atoms with Crippen molar-refractivity contribution in [2.75, 3.05) is 13.2 Å². The Morgan fingerprint density at radius 1 is 1.53 bits per heavy atom. The highest BCUT2D eigenvalue weighted by molar-refractivity contribution is 5.93. The summed E-state index contributed by atoms with van der Waals surface area (Å²) in [4.78, 5) is 24.2. The standard InChI is InChI=1S/C11H13N3O3/c12-13-10(15)9-3-1-2-8(6-9)7-14-4-5-17-11(14)16/h1-3,6H,4-5,7,12H2,(H,13,15). The summed E-state index contributed by atoms with van der Waals surface area (Å²) in [6.45, 7) is 1.43. The van der Waals surface area contributed by atoms with E-state index >= 15 is 0 Å². The number of cyclic esters (lactones) is 1. The summed E-state index contributed by atoms with van der Waals surface area (Å²) in [5, 5.41) is 0. The Balaban J connectivity index is 2.11. The van der Waals surface area contributed by atoms with E-state index in [1.165, 1.54) is 0 Å². The largest absolute Gasteiger partial charge is 0.448 e. The molecule has 1 aromatic carbocycles. The third-order valence-corrected chi connectivity index (χ3v) is 2.54. The van der Waals surface area contributed by atoms with Gasteiger partial charge in [-0.2, -0.15) is 0 Å². The molecule has 1 heterocycles. The molecule has 0 aliphatic carbocycles. The summed E-state index contributed by atoms with van der Waals surface area (Å²) < 4.78 is 4.82. The van der Waals surface area contributed by atoms with Gasteiger partial charge in [0, 0.05) is 12.1 Å². The molecule has 1 aromatic rings. The van der Waals surface area contributed by atoms with Crippen molar-refractivity contribution in [1.29, 1.82) is 0 Å². The van der Waals surface area contributed by atoms with E-state index in [9.17, 15) is 9.59 Å². The predicted molar refractivity (Wildman–Crippen MR) is 59.9 cm³/mol. The Morgan fingerprint density at radius 2 is 2.35 bits per heavy atom. The van der Waals surface area contributed by atoms with Gasteiger partial charge < -0.3 is 9.64 Å².